The molecule has 0 bridgehead atoms. The summed E-state index contributed by atoms with van der Waals surface area (Å²) in [4.78, 5) is 0. The van der Waals surface area contributed by atoms with Gasteiger partial charge in [-0.15, -0.1) is 0 Å². The first-order chi connectivity index (χ1) is 21.8. The van der Waals surface area contributed by atoms with E-state index >= 15 is 0 Å². The maximum Gasteiger partial charge on any atom is 0.179 e. The molecule has 0 fully saturated rings. The predicted octanol–water partition coefficient (Wildman–Crippen LogP) is 6.26. The minimum absolute atomic E-state index is 1.11. The van der Waals surface area contributed by atoms with Crippen LogP contribution < -0.4 is 31.1 Å². The lowest BCUT2D eigenvalue weighted by Crippen LogP contribution is -2.75. The summed E-state index contributed by atoms with van der Waals surface area (Å²) < 4.78 is 0. The van der Waals surface area contributed by atoms with E-state index < -0.39 is 16.1 Å². The van der Waals surface area contributed by atoms with Crippen LogP contribution in [-0.2, 0) is 0 Å². The van der Waals surface area contributed by atoms with E-state index in [1.54, 1.807) is 10.4 Å². The van der Waals surface area contributed by atoms with Crippen molar-refractivity contribution in [3.63, 3.8) is 0 Å². The van der Waals surface area contributed by atoms with E-state index in [9.17, 15) is 0 Å². The molecular formula is C42H38Si2. The minimum Gasteiger partial charge on any atom is -0.0842 e. The molecule has 0 amide bonds. The molecule has 0 N–H and O–H groups in total. The molecule has 0 unspecified atom stereocenters. The maximum atomic E-state index is 2.52. The van der Waals surface area contributed by atoms with E-state index in [0.717, 1.165) is 25.7 Å². The highest BCUT2D eigenvalue weighted by Gasteiger charge is 2.45. The van der Waals surface area contributed by atoms with Crippen molar-refractivity contribution >= 4 is 47.3 Å². The Labute approximate surface area is 264 Å². The van der Waals surface area contributed by atoms with Gasteiger partial charge in [-0.25, -0.2) is 0 Å². The van der Waals surface area contributed by atoms with Gasteiger partial charge in [0.2, 0.25) is 0 Å². The summed E-state index contributed by atoms with van der Waals surface area (Å²) in [6.45, 7) is 0. The Bertz CT molecular complexity index is 1690. The summed E-state index contributed by atoms with van der Waals surface area (Å²) in [5.74, 6) is 0. The number of hydrogen-bond donors (Lipinski definition) is 0. The van der Waals surface area contributed by atoms with Gasteiger partial charge in [0.25, 0.3) is 0 Å². The number of rotatable bonds is 8. The Hall–Kier alpha value is -4.51. The Kier molecular flexibility index (Phi) is 8.11. The van der Waals surface area contributed by atoms with Crippen LogP contribution in [0, 0.1) is 0 Å². The molecule has 2 heteroatoms. The average molecular weight is 599 g/mol. The second kappa shape index (κ2) is 12.6. The third kappa shape index (κ3) is 4.85. The van der Waals surface area contributed by atoms with Gasteiger partial charge in [-0.1, -0.05) is 192 Å². The van der Waals surface area contributed by atoms with E-state index in [0.29, 0.717) is 0 Å². The molecule has 5 aromatic carbocycles. The predicted molar refractivity (Wildman–Crippen MR) is 194 cm³/mol. The van der Waals surface area contributed by atoms with Gasteiger partial charge in [0.15, 0.2) is 16.1 Å². The van der Waals surface area contributed by atoms with E-state index in [1.807, 2.05) is 0 Å². The molecule has 0 saturated carbocycles. The summed E-state index contributed by atoms with van der Waals surface area (Å²) in [6.07, 6.45) is 18.6. The minimum atomic E-state index is -2.58. The Balaban J connectivity index is 1.50. The topological polar surface area (TPSA) is 0 Å². The summed E-state index contributed by atoms with van der Waals surface area (Å²) >= 11 is 0. The van der Waals surface area contributed by atoms with E-state index in [-0.39, 0.29) is 0 Å². The Morgan fingerprint density at radius 3 is 0.932 bits per heavy atom. The van der Waals surface area contributed by atoms with Crippen molar-refractivity contribution in [2.75, 3.05) is 0 Å². The highest BCUT2D eigenvalue weighted by molar-refractivity contribution is 7.20. The molecule has 2 aliphatic rings. The number of allylic oxidation sites excluding steroid dienone is 8. The third-order valence-corrected chi connectivity index (χ3v) is 19.5. The summed E-state index contributed by atoms with van der Waals surface area (Å²) in [5.41, 5.74) is 0. The zero-order valence-electron chi connectivity index (χ0n) is 25.1. The van der Waals surface area contributed by atoms with Gasteiger partial charge in [0.1, 0.15) is 0 Å². The van der Waals surface area contributed by atoms with Crippen LogP contribution in [0.1, 0.15) is 25.7 Å². The molecule has 0 aliphatic heterocycles. The van der Waals surface area contributed by atoms with E-state index in [1.165, 1.54) is 31.1 Å². The Morgan fingerprint density at radius 2 is 0.614 bits per heavy atom. The molecule has 0 radical (unpaired) electrons. The zero-order valence-corrected chi connectivity index (χ0v) is 27.1. The van der Waals surface area contributed by atoms with Crippen molar-refractivity contribution in [3.05, 3.63) is 192 Å². The largest absolute Gasteiger partial charge is 0.179 e. The van der Waals surface area contributed by atoms with Crippen molar-refractivity contribution in [1.82, 2.24) is 0 Å². The van der Waals surface area contributed by atoms with Crippen LogP contribution >= 0.6 is 0 Å². The fraction of sp³-hybridized carbons (Fsp3) is 0.0952. The van der Waals surface area contributed by atoms with Crippen molar-refractivity contribution in [3.8, 4) is 0 Å². The van der Waals surface area contributed by atoms with Gasteiger partial charge in [0.05, 0.1) is 0 Å². The zero-order chi connectivity index (χ0) is 29.7. The standard InChI is InChI=1S/C42H38Si2/c1-7-19-35(20-8-1)43(36-21-9-2-10-22-36,37-23-11-3-12-24-37)41-31-33-42(34-32-41)44(38-25-13-4-14-26-38,39-27-15-5-16-28-39)40-29-17-6-18-30-40/h1-15,17,19-27,29,31-34H,16,18,28,30H2. The molecule has 0 aromatic heterocycles. The monoisotopic (exact) mass is 598 g/mol. The van der Waals surface area contributed by atoms with Crippen LogP contribution in [0.3, 0.4) is 0 Å². The van der Waals surface area contributed by atoms with Crippen LogP contribution in [-0.4, -0.2) is 16.1 Å². The smallest absolute Gasteiger partial charge is 0.0842 e. The summed E-state index contributed by atoms with van der Waals surface area (Å²) in [6, 6.07) is 55.2. The SMILES string of the molecule is C1=CCCC([Si](C2=CC=CCC2)(c2ccccc2)c2ccc([Si](c3ccccc3)(c3ccccc3)c3ccccc3)cc2)=C1. The van der Waals surface area contributed by atoms with E-state index in [4.69, 9.17) is 0 Å². The number of benzene rings is 5. The second-order valence-corrected chi connectivity index (χ2v) is 19.6. The molecular weight excluding hydrogens is 561 g/mol. The summed E-state index contributed by atoms with van der Waals surface area (Å²) in [5, 5.41) is 11.9. The van der Waals surface area contributed by atoms with Gasteiger partial charge >= 0.3 is 0 Å². The van der Waals surface area contributed by atoms with Crippen LogP contribution in [0.25, 0.3) is 0 Å². The number of hydrogen-bond acceptors (Lipinski definition) is 0. The molecule has 0 nitrogen and oxygen atoms in total. The van der Waals surface area contributed by atoms with Gasteiger partial charge in [-0.05, 0) is 56.8 Å². The normalized spacial score (nSPS) is 15.0. The molecule has 0 spiro atoms. The van der Waals surface area contributed by atoms with Gasteiger partial charge in [-0.3, -0.25) is 0 Å². The highest BCUT2D eigenvalue weighted by Crippen LogP contribution is 2.33. The van der Waals surface area contributed by atoms with E-state index in [2.05, 4.69) is 182 Å². The lowest BCUT2D eigenvalue weighted by atomic mass is 10.2. The first kappa shape index (κ1) is 28.3. The maximum absolute atomic E-state index is 2.58. The molecule has 7 rings (SSSR count). The Morgan fingerprint density at radius 1 is 0.318 bits per heavy atom. The first-order valence-corrected chi connectivity index (χ1v) is 19.9. The molecule has 5 aromatic rings. The highest BCUT2D eigenvalue weighted by atomic mass is 28.3. The third-order valence-electron chi connectivity index (χ3n) is 9.57. The lowest BCUT2D eigenvalue weighted by molar-refractivity contribution is 0.982. The van der Waals surface area contributed by atoms with Crippen LogP contribution in [0.5, 0.6) is 0 Å². The lowest BCUT2D eigenvalue weighted by Gasteiger charge is -2.40. The molecule has 0 heterocycles. The van der Waals surface area contributed by atoms with Crippen LogP contribution in [0.4, 0.5) is 0 Å². The molecule has 44 heavy (non-hydrogen) atoms. The van der Waals surface area contributed by atoms with Crippen molar-refractivity contribution in [2.24, 2.45) is 0 Å². The second-order valence-electron chi connectivity index (χ2n) is 11.9. The molecule has 0 saturated heterocycles. The fourth-order valence-corrected chi connectivity index (χ4v) is 17.7. The van der Waals surface area contributed by atoms with Gasteiger partial charge in [0, 0.05) is 0 Å². The van der Waals surface area contributed by atoms with Crippen LogP contribution in [0.2, 0.25) is 0 Å². The summed E-state index contributed by atoms with van der Waals surface area (Å²) in [7, 11) is -5.01. The van der Waals surface area contributed by atoms with Gasteiger partial charge in [-0.2, -0.15) is 0 Å². The van der Waals surface area contributed by atoms with Crippen molar-refractivity contribution in [2.45, 2.75) is 25.7 Å². The molecule has 2 aliphatic carbocycles. The van der Waals surface area contributed by atoms with Crippen LogP contribution in [0.15, 0.2) is 192 Å². The fourth-order valence-electron chi connectivity index (χ4n) is 7.67. The van der Waals surface area contributed by atoms with Crippen molar-refractivity contribution < 1.29 is 0 Å². The average Bonchev–Trinajstić information content (AvgIpc) is 3.12. The van der Waals surface area contributed by atoms with Crippen molar-refractivity contribution in [1.29, 1.82) is 0 Å². The quantitative estimate of drug-likeness (QED) is 0.146. The molecule has 0 atom stereocenters. The van der Waals surface area contributed by atoms with Gasteiger partial charge < -0.3 is 0 Å². The first-order valence-electron chi connectivity index (χ1n) is 15.9. The molecule has 214 valence electrons.